The van der Waals surface area contributed by atoms with E-state index in [4.69, 9.17) is 0 Å². The number of rotatable bonds is 3. The fourth-order valence-electron chi connectivity index (χ4n) is 3.73. The largest absolute Gasteiger partial charge is 0.306 e. The van der Waals surface area contributed by atoms with Gasteiger partial charge in [0.1, 0.15) is 0 Å². The topological polar surface area (TPSA) is 36.4 Å². The van der Waals surface area contributed by atoms with E-state index in [1.807, 2.05) is 28.4 Å². The Labute approximate surface area is 134 Å². The van der Waals surface area contributed by atoms with E-state index in [0.29, 0.717) is 18.5 Å². The van der Waals surface area contributed by atoms with E-state index in [1.165, 1.54) is 9.75 Å². The monoisotopic (exact) mass is 313 g/mol. The van der Waals surface area contributed by atoms with Gasteiger partial charge in [0.05, 0.1) is 17.9 Å². The summed E-state index contributed by atoms with van der Waals surface area (Å²) in [6.07, 6.45) is 5.23. The molecule has 0 spiro atoms. The van der Waals surface area contributed by atoms with Crippen molar-refractivity contribution < 1.29 is 4.79 Å². The molecule has 0 aromatic carbocycles. The fourth-order valence-corrected chi connectivity index (χ4v) is 4.64. The zero-order chi connectivity index (χ0) is 15.1. The van der Waals surface area contributed by atoms with Crippen LogP contribution in [0.15, 0.2) is 36.7 Å². The molecule has 2 aromatic heterocycles. The van der Waals surface area contributed by atoms with Crippen LogP contribution in [0.1, 0.15) is 22.6 Å². The van der Waals surface area contributed by atoms with Crippen LogP contribution in [0.2, 0.25) is 0 Å². The molecule has 0 bridgehead atoms. The first-order valence-electron chi connectivity index (χ1n) is 7.74. The number of carbonyl (C=O) groups is 1. The summed E-state index contributed by atoms with van der Waals surface area (Å²) in [7, 11) is 0. The van der Waals surface area contributed by atoms with Crippen molar-refractivity contribution >= 4 is 22.9 Å². The van der Waals surface area contributed by atoms with Crippen LogP contribution in [0, 0.1) is 6.92 Å². The second kappa shape index (κ2) is 5.48. The predicted octanol–water partition coefficient (Wildman–Crippen LogP) is 2.83. The molecule has 2 aliphatic heterocycles. The fraction of sp³-hybridized carbons (Fsp3) is 0.412. The highest BCUT2D eigenvalue weighted by Gasteiger charge is 2.47. The van der Waals surface area contributed by atoms with Crippen LogP contribution in [0.3, 0.4) is 0 Å². The molecule has 0 saturated carbocycles. The quantitative estimate of drug-likeness (QED) is 0.874. The molecule has 4 heterocycles. The van der Waals surface area contributed by atoms with Crippen LogP contribution in [0.25, 0.3) is 0 Å². The summed E-state index contributed by atoms with van der Waals surface area (Å²) in [5, 5.41) is 0. The maximum absolute atomic E-state index is 12.5. The average Bonchev–Trinajstić information content (AvgIpc) is 3.17. The lowest BCUT2D eigenvalue weighted by molar-refractivity contribution is -0.117. The van der Waals surface area contributed by atoms with E-state index in [0.717, 1.165) is 25.2 Å². The summed E-state index contributed by atoms with van der Waals surface area (Å²) >= 11 is 1.86. The minimum Gasteiger partial charge on any atom is -0.306 e. The molecule has 2 fully saturated rings. The molecule has 4 rings (SSSR count). The molecule has 2 atom stereocenters. The molecule has 114 valence electrons. The average molecular weight is 313 g/mol. The first kappa shape index (κ1) is 13.9. The summed E-state index contributed by atoms with van der Waals surface area (Å²) in [6, 6.07) is 8.92. The number of fused-ring (bicyclic) bond motifs is 1. The second-order valence-electron chi connectivity index (χ2n) is 6.09. The van der Waals surface area contributed by atoms with Crippen molar-refractivity contribution in [2.75, 3.05) is 11.4 Å². The molecule has 5 heteroatoms. The molecule has 0 N–H and O–H groups in total. The van der Waals surface area contributed by atoms with Crippen LogP contribution < -0.4 is 4.90 Å². The normalized spacial score (nSPS) is 25.0. The number of pyridine rings is 1. The number of aryl methyl sites for hydroxylation is 1. The maximum Gasteiger partial charge on any atom is 0.229 e. The smallest absolute Gasteiger partial charge is 0.229 e. The Balaban J connectivity index is 1.54. The minimum absolute atomic E-state index is 0.232. The molecular weight excluding hydrogens is 294 g/mol. The van der Waals surface area contributed by atoms with E-state index in [2.05, 4.69) is 28.9 Å². The third-order valence-electron chi connectivity index (χ3n) is 4.69. The molecule has 4 nitrogen and oxygen atoms in total. The van der Waals surface area contributed by atoms with Gasteiger partial charge in [-0.2, -0.15) is 0 Å². The van der Waals surface area contributed by atoms with Crippen molar-refractivity contribution in [2.24, 2.45) is 0 Å². The van der Waals surface area contributed by atoms with Crippen molar-refractivity contribution in [3.63, 3.8) is 0 Å². The number of hydrogen-bond donors (Lipinski definition) is 0. The van der Waals surface area contributed by atoms with Gasteiger partial charge >= 0.3 is 0 Å². The van der Waals surface area contributed by atoms with Crippen molar-refractivity contribution in [2.45, 2.75) is 38.4 Å². The van der Waals surface area contributed by atoms with Gasteiger partial charge in [0.25, 0.3) is 0 Å². The molecule has 2 aromatic rings. The van der Waals surface area contributed by atoms with Gasteiger partial charge in [-0.05, 0) is 37.6 Å². The number of amides is 1. The second-order valence-corrected chi connectivity index (χ2v) is 7.46. The summed E-state index contributed by atoms with van der Waals surface area (Å²) in [5.74, 6) is 0.232. The van der Waals surface area contributed by atoms with Gasteiger partial charge in [0, 0.05) is 41.5 Å². The number of carbonyl (C=O) groups excluding carboxylic acids is 1. The molecule has 2 saturated heterocycles. The first-order chi connectivity index (χ1) is 10.7. The number of nitrogens with zero attached hydrogens (tertiary/aromatic N) is 3. The van der Waals surface area contributed by atoms with Crippen LogP contribution in [0.5, 0.6) is 0 Å². The predicted molar refractivity (Wildman–Crippen MR) is 88.0 cm³/mol. The molecule has 1 amide bonds. The van der Waals surface area contributed by atoms with Crippen LogP contribution in [-0.2, 0) is 11.3 Å². The van der Waals surface area contributed by atoms with Crippen molar-refractivity contribution in [3.05, 3.63) is 46.4 Å². The van der Waals surface area contributed by atoms with Gasteiger partial charge in [0.2, 0.25) is 5.91 Å². The standard InChI is InChI=1S/C17H19N3OS/c1-12-4-5-14(22-12)11-19-8-6-15-16(19)9-17(21)20(15)13-3-2-7-18-10-13/h2-5,7,10,15-16H,6,8-9,11H2,1H3/t15-,16-/m0/s1. The molecule has 0 radical (unpaired) electrons. The van der Waals surface area contributed by atoms with Crippen molar-refractivity contribution in [1.82, 2.24) is 9.88 Å². The number of aromatic nitrogens is 1. The molecular formula is C17H19N3OS. The lowest BCUT2D eigenvalue weighted by atomic mass is 10.1. The van der Waals surface area contributed by atoms with Crippen LogP contribution in [-0.4, -0.2) is 34.4 Å². The van der Waals surface area contributed by atoms with Crippen LogP contribution in [0.4, 0.5) is 5.69 Å². The highest BCUT2D eigenvalue weighted by Crippen LogP contribution is 2.36. The third-order valence-corrected chi connectivity index (χ3v) is 5.67. The molecule has 0 aliphatic carbocycles. The Morgan fingerprint density at radius 1 is 1.32 bits per heavy atom. The van der Waals surface area contributed by atoms with Gasteiger partial charge in [-0.3, -0.25) is 14.7 Å². The van der Waals surface area contributed by atoms with Crippen LogP contribution >= 0.6 is 11.3 Å². The number of thiophene rings is 1. The van der Waals surface area contributed by atoms with E-state index in [9.17, 15) is 4.79 Å². The highest BCUT2D eigenvalue weighted by atomic mass is 32.1. The molecule has 2 aliphatic rings. The van der Waals surface area contributed by atoms with E-state index >= 15 is 0 Å². The summed E-state index contributed by atoms with van der Waals surface area (Å²) in [5.41, 5.74) is 0.939. The highest BCUT2D eigenvalue weighted by molar-refractivity contribution is 7.11. The first-order valence-corrected chi connectivity index (χ1v) is 8.55. The van der Waals surface area contributed by atoms with E-state index in [1.54, 1.807) is 12.4 Å². The Kier molecular flexibility index (Phi) is 3.47. The Morgan fingerprint density at radius 2 is 2.23 bits per heavy atom. The zero-order valence-electron chi connectivity index (χ0n) is 12.6. The maximum atomic E-state index is 12.5. The Bertz CT molecular complexity index is 684. The third kappa shape index (κ3) is 2.34. The lowest BCUT2D eigenvalue weighted by Gasteiger charge is -2.25. The SMILES string of the molecule is Cc1ccc(CN2CC[C@H]3[C@@H]2CC(=O)N3c2cccnc2)s1. The van der Waals surface area contributed by atoms with Gasteiger partial charge in [-0.15, -0.1) is 11.3 Å². The zero-order valence-corrected chi connectivity index (χ0v) is 13.4. The van der Waals surface area contributed by atoms with Gasteiger partial charge in [-0.1, -0.05) is 0 Å². The van der Waals surface area contributed by atoms with E-state index in [-0.39, 0.29) is 5.91 Å². The van der Waals surface area contributed by atoms with Gasteiger partial charge in [-0.25, -0.2) is 0 Å². The van der Waals surface area contributed by atoms with E-state index < -0.39 is 0 Å². The molecule has 22 heavy (non-hydrogen) atoms. The summed E-state index contributed by atoms with van der Waals surface area (Å²) in [4.78, 5) is 23.8. The summed E-state index contributed by atoms with van der Waals surface area (Å²) in [6.45, 7) is 4.17. The van der Waals surface area contributed by atoms with Crippen molar-refractivity contribution in [1.29, 1.82) is 0 Å². The summed E-state index contributed by atoms with van der Waals surface area (Å²) < 4.78 is 0. The number of anilines is 1. The van der Waals surface area contributed by atoms with Gasteiger partial charge < -0.3 is 4.90 Å². The molecule has 0 unspecified atom stereocenters. The van der Waals surface area contributed by atoms with Crippen molar-refractivity contribution in [3.8, 4) is 0 Å². The number of hydrogen-bond acceptors (Lipinski definition) is 4. The number of likely N-dealkylation sites (tertiary alicyclic amines) is 1. The Hall–Kier alpha value is -1.72. The minimum atomic E-state index is 0.232. The van der Waals surface area contributed by atoms with Gasteiger partial charge in [0.15, 0.2) is 0 Å². The Morgan fingerprint density at radius 3 is 2.95 bits per heavy atom. The lowest BCUT2D eigenvalue weighted by Crippen LogP contribution is -2.37.